The van der Waals surface area contributed by atoms with E-state index in [-0.39, 0.29) is 13.0 Å². The van der Waals surface area contributed by atoms with Crippen molar-refractivity contribution in [3.8, 4) is 0 Å². The predicted molar refractivity (Wildman–Crippen MR) is 72.2 cm³/mol. The molecule has 6 heteroatoms. The number of benzene rings is 1. The minimum Gasteiger partial charge on any atom is -0.480 e. The van der Waals surface area contributed by atoms with Crippen LogP contribution in [0.1, 0.15) is 17.5 Å². The average molecular weight is 278 g/mol. The van der Waals surface area contributed by atoms with Crippen molar-refractivity contribution in [1.29, 1.82) is 0 Å². The van der Waals surface area contributed by atoms with E-state index in [4.69, 9.17) is 5.11 Å². The minimum atomic E-state index is -1.09. The standard InChI is InChI=1S/C14H18N2O4/c1-9-4-2-3-5-10(9)7-15-14(20)16-8-11(17)6-12(16)13(18)19/h2-5,11-12,17H,6-8H2,1H3,(H,15,20)(H,18,19)/t11-,12-/m1/s1. The first-order chi connectivity index (χ1) is 9.49. The summed E-state index contributed by atoms with van der Waals surface area (Å²) in [5, 5.41) is 21.3. The molecule has 0 spiro atoms. The number of hydrogen-bond acceptors (Lipinski definition) is 3. The number of β-amino-alcohol motifs (C(OH)–C–C–N with tert-alkyl or cyclic N) is 1. The molecule has 108 valence electrons. The summed E-state index contributed by atoms with van der Waals surface area (Å²) in [4.78, 5) is 24.3. The van der Waals surface area contributed by atoms with Gasteiger partial charge in [-0.3, -0.25) is 0 Å². The molecule has 2 atom stereocenters. The van der Waals surface area contributed by atoms with Gasteiger partial charge in [0.15, 0.2) is 0 Å². The van der Waals surface area contributed by atoms with Gasteiger partial charge < -0.3 is 20.4 Å². The predicted octanol–water partition coefficient (Wildman–Crippen LogP) is 0.724. The molecule has 1 aliphatic heterocycles. The van der Waals surface area contributed by atoms with Gasteiger partial charge in [-0.05, 0) is 18.1 Å². The van der Waals surface area contributed by atoms with E-state index in [2.05, 4.69) is 5.32 Å². The quantitative estimate of drug-likeness (QED) is 0.760. The Morgan fingerprint density at radius 2 is 2.10 bits per heavy atom. The summed E-state index contributed by atoms with van der Waals surface area (Å²) >= 11 is 0. The van der Waals surface area contributed by atoms with E-state index in [0.29, 0.717) is 6.54 Å². The number of amides is 2. The van der Waals surface area contributed by atoms with Gasteiger partial charge in [-0.2, -0.15) is 0 Å². The lowest BCUT2D eigenvalue weighted by molar-refractivity contribution is -0.141. The van der Waals surface area contributed by atoms with E-state index in [1.807, 2.05) is 31.2 Å². The summed E-state index contributed by atoms with van der Waals surface area (Å²) in [5.74, 6) is -1.09. The molecule has 1 aromatic carbocycles. The second-order valence-corrected chi connectivity index (χ2v) is 4.98. The van der Waals surface area contributed by atoms with Crippen molar-refractivity contribution in [2.75, 3.05) is 6.54 Å². The first-order valence-corrected chi connectivity index (χ1v) is 6.49. The van der Waals surface area contributed by atoms with Crippen LogP contribution in [0.4, 0.5) is 4.79 Å². The number of likely N-dealkylation sites (tertiary alicyclic amines) is 1. The van der Waals surface area contributed by atoms with Gasteiger partial charge in [0.25, 0.3) is 0 Å². The van der Waals surface area contributed by atoms with Crippen LogP contribution in [-0.4, -0.2) is 45.8 Å². The maximum atomic E-state index is 12.0. The number of aryl methyl sites for hydroxylation is 1. The van der Waals surface area contributed by atoms with Gasteiger partial charge in [0.1, 0.15) is 6.04 Å². The molecule has 0 saturated carbocycles. The van der Waals surface area contributed by atoms with E-state index in [9.17, 15) is 14.7 Å². The van der Waals surface area contributed by atoms with Crippen molar-refractivity contribution < 1.29 is 19.8 Å². The number of carboxylic acids is 1. The van der Waals surface area contributed by atoms with E-state index in [1.165, 1.54) is 4.90 Å². The number of urea groups is 1. The largest absolute Gasteiger partial charge is 0.480 e. The summed E-state index contributed by atoms with van der Waals surface area (Å²) in [6.45, 7) is 2.34. The number of carbonyl (C=O) groups is 2. The summed E-state index contributed by atoms with van der Waals surface area (Å²) in [6, 6.07) is 6.23. The second kappa shape index (κ2) is 5.92. The first-order valence-electron chi connectivity index (χ1n) is 6.49. The zero-order valence-electron chi connectivity index (χ0n) is 11.2. The first kappa shape index (κ1) is 14.3. The highest BCUT2D eigenvalue weighted by molar-refractivity contribution is 5.83. The number of hydrogen-bond donors (Lipinski definition) is 3. The number of nitrogens with one attached hydrogen (secondary N) is 1. The molecule has 6 nitrogen and oxygen atoms in total. The molecule has 0 radical (unpaired) electrons. The highest BCUT2D eigenvalue weighted by Gasteiger charge is 2.38. The van der Waals surface area contributed by atoms with Crippen molar-refractivity contribution >= 4 is 12.0 Å². The highest BCUT2D eigenvalue weighted by atomic mass is 16.4. The van der Waals surface area contributed by atoms with Gasteiger partial charge in [0, 0.05) is 19.5 Å². The van der Waals surface area contributed by atoms with E-state index >= 15 is 0 Å². The molecule has 3 N–H and O–H groups in total. The summed E-state index contributed by atoms with van der Waals surface area (Å²) in [6.07, 6.45) is -0.701. The Hall–Kier alpha value is -2.08. The second-order valence-electron chi connectivity index (χ2n) is 4.98. The number of aliphatic hydroxyl groups is 1. The van der Waals surface area contributed by atoms with E-state index < -0.39 is 24.1 Å². The van der Waals surface area contributed by atoms with Crippen LogP contribution in [0.5, 0.6) is 0 Å². The van der Waals surface area contributed by atoms with Crippen LogP contribution in [-0.2, 0) is 11.3 Å². The summed E-state index contributed by atoms with van der Waals surface area (Å²) < 4.78 is 0. The average Bonchev–Trinajstić information content (AvgIpc) is 2.80. The number of nitrogens with zero attached hydrogens (tertiary/aromatic N) is 1. The molecule has 1 fully saturated rings. The molecule has 1 heterocycles. The molecule has 0 unspecified atom stereocenters. The van der Waals surface area contributed by atoms with Crippen LogP contribution in [0, 0.1) is 6.92 Å². The van der Waals surface area contributed by atoms with Crippen molar-refractivity contribution in [1.82, 2.24) is 10.2 Å². The molecular weight excluding hydrogens is 260 g/mol. The number of carbonyl (C=O) groups excluding carboxylic acids is 1. The lowest BCUT2D eigenvalue weighted by Gasteiger charge is -2.21. The normalized spacial score (nSPS) is 21.8. The smallest absolute Gasteiger partial charge is 0.326 e. The molecule has 0 aliphatic carbocycles. The van der Waals surface area contributed by atoms with Gasteiger partial charge in [-0.1, -0.05) is 24.3 Å². The maximum Gasteiger partial charge on any atom is 0.326 e. The molecular formula is C14H18N2O4. The Morgan fingerprint density at radius 3 is 2.75 bits per heavy atom. The molecule has 1 aromatic rings. The van der Waals surface area contributed by atoms with Gasteiger partial charge in [-0.25, -0.2) is 9.59 Å². The fourth-order valence-electron chi connectivity index (χ4n) is 2.35. The molecule has 20 heavy (non-hydrogen) atoms. The van der Waals surface area contributed by atoms with Crippen LogP contribution >= 0.6 is 0 Å². The number of aliphatic hydroxyl groups excluding tert-OH is 1. The molecule has 0 bridgehead atoms. The number of rotatable bonds is 3. The van der Waals surface area contributed by atoms with Crippen LogP contribution in [0.2, 0.25) is 0 Å². The van der Waals surface area contributed by atoms with Gasteiger partial charge >= 0.3 is 12.0 Å². The van der Waals surface area contributed by atoms with Crippen molar-refractivity contribution in [2.24, 2.45) is 0 Å². The summed E-state index contributed by atoms with van der Waals surface area (Å²) in [5.41, 5.74) is 2.04. The fraction of sp³-hybridized carbons (Fsp3) is 0.429. The van der Waals surface area contributed by atoms with Crippen molar-refractivity contribution in [3.63, 3.8) is 0 Å². The monoisotopic (exact) mass is 278 g/mol. The van der Waals surface area contributed by atoms with E-state index in [1.54, 1.807) is 0 Å². The molecule has 2 amide bonds. The van der Waals surface area contributed by atoms with Gasteiger partial charge in [-0.15, -0.1) is 0 Å². The highest BCUT2D eigenvalue weighted by Crippen LogP contribution is 2.18. The lowest BCUT2D eigenvalue weighted by Crippen LogP contribution is -2.46. The number of carboxylic acid groups (broad SMARTS) is 1. The molecule has 2 rings (SSSR count). The van der Waals surface area contributed by atoms with Crippen molar-refractivity contribution in [3.05, 3.63) is 35.4 Å². The Bertz CT molecular complexity index is 518. The molecule has 0 aromatic heterocycles. The maximum absolute atomic E-state index is 12.0. The minimum absolute atomic E-state index is 0.0522. The molecule has 1 saturated heterocycles. The zero-order valence-corrected chi connectivity index (χ0v) is 11.2. The molecule has 1 aliphatic rings. The van der Waals surface area contributed by atoms with Crippen molar-refractivity contribution in [2.45, 2.75) is 32.0 Å². The zero-order chi connectivity index (χ0) is 14.7. The SMILES string of the molecule is Cc1ccccc1CNC(=O)N1C[C@H](O)C[C@@H]1C(=O)O. The Morgan fingerprint density at radius 1 is 1.40 bits per heavy atom. The van der Waals surface area contributed by atoms with E-state index in [0.717, 1.165) is 11.1 Å². The Kier molecular flexibility index (Phi) is 4.24. The third-order valence-corrected chi connectivity index (χ3v) is 3.52. The Balaban J connectivity index is 1.98. The van der Waals surface area contributed by atoms with Gasteiger partial charge in [0.2, 0.25) is 0 Å². The van der Waals surface area contributed by atoms with Crippen LogP contribution in [0.25, 0.3) is 0 Å². The fourth-order valence-corrected chi connectivity index (χ4v) is 2.35. The lowest BCUT2D eigenvalue weighted by atomic mass is 10.1. The van der Waals surface area contributed by atoms with Crippen LogP contribution < -0.4 is 5.32 Å². The summed E-state index contributed by atoms with van der Waals surface area (Å²) in [7, 11) is 0. The number of aliphatic carboxylic acids is 1. The van der Waals surface area contributed by atoms with Gasteiger partial charge in [0.05, 0.1) is 6.10 Å². The topological polar surface area (TPSA) is 89.9 Å². The Labute approximate surface area is 117 Å². The third-order valence-electron chi connectivity index (χ3n) is 3.52. The van der Waals surface area contributed by atoms with Crippen LogP contribution in [0.15, 0.2) is 24.3 Å². The third kappa shape index (κ3) is 3.08. The van der Waals surface area contributed by atoms with Crippen LogP contribution in [0.3, 0.4) is 0 Å².